The fourth-order valence-corrected chi connectivity index (χ4v) is 3.52. The van der Waals surface area contributed by atoms with Crippen molar-refractivity contribution in [2.24, 2.45) is 0 Å². The Labute approximate surface area is 136 Å². The van der Waals surface area contributed by atoms with Gasteiger partial charge in [-0.3, -0.25) is 14.6 Å². The summed E-state index contributed by atoms with van der Waals surface area (Å²) in [6.07, 6.45) is 4.26. The molecule has 23 heavy (non-hydrogen) atoms. The smallest absolute Gasteiger partial charge is 0.323 e. The van der Waals surface area contributed by atoms with Gasteiger partial charge in [-0.1, -0.05) is 5.16 Å². The Morgan fingerprint density at radius 1 is 1.22 bits per heavy atom. The topological polar surface area (TPSA) is 71.7 Å². The van der Waals surface area contributed by atoms with Gasteiger partial charge < -0.3 is 9.26 Å². The van der Waals surface area contributed by atoms with Gasteiger partial charge in [0.05, 0.1) is 6.54 Å². The van der Waals surface area contributed by atoms with Crippen molar-refractivity contribution < 1.29 is 14.1 Å². The monoisotopic (exact) mass is 320 g/mol. The molecule has 4 rings (SSSR count). The molecule has 2 saturated heterocycles. The third kappa shape index (κ3) is 3.40. The number of nitrogens with zero attached hydrogens (tertiary/aromatic N) is 4. The van der Waals surface area contributed by atoms with E-state index in [0.29, 0.717) is 5.92 Å². The molecule has 1 aliphatic carbocycles. The van der Waals surface area contributed by atoms with Gasteiger partial charge in [0.1, 0.15) is 12.1 Å². The molecule has 2 atom stereocenters. The standard InChI is InChI=1S/C16H24N4O3/c1-11-9-13(16(21)22-11)20-6-2-5-19(7-8-20)10-14-17-15(23-18-14)12-3-4-12/h11-13H,2-10H2,1H3/t11-,13+/m0/s1. The molecule has 1 aromatic rings. The second kappa shape index (κ2) is 6.20. The molecule has 0 N–H and O–H groups in total. The zero-order valence-corrected chi connectivity index (χ0v) is 13.6. The van der Waals surface area contributed by atoms with Gasteiger partial charge >= 0.3 is 5.97 Å². The number of carbonyl (C=O) groups is 1. The maximum atomic E-state index is 11.9. The van der Waals surface area contributed by atoms with Crippen LogP contribution < -0.4 is 0 Å². The van der Waals surface area contributed by atoms with E-state index in [9.17, 15) is 4.79 Å². The van der Waals surface area contributed by atoms with Crippen LogP contribution in [0.1, 0.15) is 50.2 Å². The molecular weight excluding hydrogens is 296 g/mol. The Hall–Kier alpha value is -1.47. The van der Waals surface area contributed by atoms with Crippen molar-refractivity contribution in [2.75, 3.05) is 26.2 Å². The van der Waals surface area contributed by atoms with Crippen LogP contribution in [0.5, 0.6) is 0 Å². The highest BCUT2D eigenvalue weighted by Gasteiger charge is 2.37. The Bertz CT molecular complexity index is 571. The molecular formula is C16H24N4O3. The van der Waals surface area contributed by atoms with E-state index in [1.165, 1.54) is 12.8 Å². The lowest BCUT2D eigenvalue weighted by Crippen LogP contribution is -2.41. The fourth-order valence-electron chi connectivity index (χ4n) is 3.52. The summed E-state index contributed by atoms with van der Waals surface area (Å²) in [7, 11) is 0. The Morgan fingerprint density at radius 2 is 2.09 bits per heavy atom. The minimum atomic E-state index is -0.0587. The van der Waals surface area contributed by atoms with Crippen molar-refractivity contribution in [1.29, 1.82) is 0 Å². The zero-order valence-electron chi connectivity index (χ0n) is 13.6. The number of cyclic esters (lactones) is 1. The van der Waals surface area contributed by atoms with Crippen LogP contribution in [0.2, 0.25) is 0 Å². The van der Waals surface area contributed by atoms with Crippen LogP contribution in [-0.2, 0) is 16.1 Å². The second-order valence-electron chi connectivity index (χ2n) is 6.99. The summed E-state index contributed by atoms with van der Waals surface area (Å²) in [5.74, 6) is 2.04. The van der Waals surface area contributed by atoms with Gasteiger partial charge in [0.2, 0.25) is 5.89 Å². The highest BCUT2D eigenvalue weighted by molar-refractivity contribution is 5.77. The first-order chi connectivity index (χ1) is 11.2. The van der Waals surface area contributed by atoms with E-state index in [1.807, 2.05) is 6.92 Å². The molecule has 0 unspecified atom stereocenters. The second-order valence-corrected chi connectivity index (χ2v) is 6.99. The number of esters is 1. The predicted octanol–water partition coefficient (Wildman–Crippen LogP) is 1.16. The Kier molecular flexibility index (Phi) is 4.07. The van der Waals surface area contributed by atoms with Crippen molar-refractivity contribution in [3.05, 3.63) is 11.7 Å². The third-order valence-corrected chi connectivity index (χ3v) is 4.98. The summed E-state index contributed by atoms with van der Waals surface area (Å²) >= 11 is 0. The molecule has 7 heteroatoms. The van der Waals surface area contributed by atoms with Crippen molar-refractivity contribution in [2.45, 2.75) is 57.2 Å². The summed E-state index contributed by atoms with van der Waals surface area (Å²) in [5, 5.41) is 4.11. The van der Waals surface area contributed by atoms with Gasteiger partial charge in [0.25, 0.3) is 0 Å². The quantitative estimate of drug-likeness (QED) is 0.771. The first kappa shape index (κ1) is 15.1. The first-order valence-corrected chi connectivity index (χ1v) is 8.68. The lowest BCUT2D eigenvalue weighted by atomic mass is 10.1. The predicted molar refractivity (Wildman–Crippen MR) is 81.7 cm³/mol. The van der Waals surface area contributed by atoms with E-state index in [2.05, 4.69) is 19.9 Å². The number of hydrogen-bond acceptors (Lipinski definition) is 7. The van der Waals surface area contributed by atoms with Crippen LogP contribution >= 0.6 is 0 Å². The summed E-state index contributed by atoms with van der Waals surface area (Å²) in [6.45, 7) is 6.46. The van der Waals surface area contributed by atoms with Gasteiger partial charge in [0, 0.05) is 32.0 Å². The summed E-state index contributed by atoms with van der Waals surface area (Å²) in [6, 6.07) is -0.0587. The van der Waals surface area contributed by atoms with Crippen LogP contribution in [-0.4, -0.2) is 64.2 Å². The van der Waals surface area contributed by atoms with Crippen LogP contribution in [0.4, 0.5) is 0 Å². The van der Waals surface area contributed by atoms with Crippen LogP contribution in [0, 0.1) is 0 Å². The van der Waals surface area contributed by atoms with Gasteiger partial charge in [-0.25, -0.2) is 0 Å². The van der Waals surface area contributed by atoms with Crippen molar-refractivity contribution in [3.63, 3.8) is 0 Å². The van der Waals surface area contributed by atoms with E-state index in [0.717, 1.165) is 57.3 Å². The number of carbonyl (C=O) groups excluding carboxylic acids is 1. The molecule has 7 nitrogen and oxygen atoms in total. The minimum absolute atomic E-state index is 0.0482. The molecule has 3 aliphatic rings. The van der Waals surface area contributed by atoms with E-state index in [4.69, 9.17) is 9.26 Å². The molecule has 1 aromatic heterocycles. The SMILES string of the molecule is C[C@H]1C[C@@H](N2CCCN(Cc3noc(C4CC4)n3)CC2)C(=O)O1. The number of aromatic nitrogens is 2. The van der Waals surface area contributed by atoms with E-state index in [-0.39, 0.29) is 18.1 Å². The van der Waals surface area contributed by atoms with Crippen LogP contribution in [0.3, 0.4) is 0 Å². The largest absolute Gasteiger partial charge is 0.461 e. The molecule has 0 bridgehead atoms. The average molecular weight is 320 g/mol. The third-order valence-electron chi connectivity index (χ3n) is 4.98. The van der Waals surface area contributed by atoms with Gasteiger partial charge in [-0.15, -0.1) is 0 Å². The van der Waals surface area contributed by atoms with E-state index in [1.54, 1.807) is 0 Å². The molecule has 126 valence electrons. The molecule has 1 saturated carbocycles. The van der Waals surface area contributed by atoms with Crippen molar-refractivity contribution in [1.82, 2.24) is 19.9 Å². The molecule has 3 fully saturated rings. The van der Waals surface area contributed by atoms with Crippen LogP contribution in [0.15, 0.2) is 4.52 Å². The minimum Gasteiger partial charge on any atom is -0.461 e. The first-order valence-electron chi connectivity index (χ1n) is 8.68. The molecule has 0 spiro atoms. The number of hydrogen-bond donors (Lipinski definition) is 0. The maximum absolute atomic E-state index is 11.9. The highest BCUT2D eigenvalue weighted by Crippen LogP contribution is 2.38. The summed E-state index contributed by atoms with van der Waals surface area (Å²) < 4.78 is 10.6. The molecule has 0 aromatic carbocycles. The highest BCUT2D eigenvalue weighted by atomic mass is 16.6. The summed E-state index contributed by atoms with van der Waals surface area (Å²) in [5.41, 5.74) is 0. The molecule has 3 heterocycles. The molecule has 0 radical (unpaired) electrons. The summed E-state index contributed by atoms with van der Waals surface area (Å²) in [4.78, 5) is 21.1. The molecule has 0 amide bonds. The Morgan fingerprint density at radius 3 is 2.83 bits per heavy atom. The maximum Gasteiger partial charge on any atom is 0.323 e. The van der Waals surface area contributed by atoms with Gasteiger partial charge in [-0.2, -0.15) is 4.98 Å². The lowest BCUT2D eigenvalue weighted by molar-refractivity contribution is -0.144. The fraction of sp³-hybridized carbons (Fsp3) is 0.812. The number of ether oxygens (including phenoxy) is 1. The normalized spacial score (nSPS) is 30.4. The van der Waals surface area contributed by atoms with E-state index >= 15 is 0 Å². The molecule has 2 aliphatic heterocycles. The Balaban J connectivity index is 1.32. The average Bonchev–Trinajstić information content (AvgIpc) is 3.23. The van der Waals surface area contributed by atoms with Crippen LogP contribution in [0.25, 0.3) is 0 Å². The van der Waals surface area contributed by atoms with Gasteiger partial charge in [-0.05, 0) is 32.7 Å². The van der Waals surface area contributed by atoms with Crippen molar-refractivity contribution in [3.8, 4) is 0 Å². The zero-order chi connectivity index (χ0) is 15.8. The van der Waals surface area contributed by atoms with Gasteiger partial charge in [0.15, 0.2) is 5.82 Å². The lowest BCUT2D eigenvalue weighted by Gasteiger charge is -2.24. The number of rotatable bonds is 4. The van der Waals surface area contributed by atoms with Crippen molar-refractivity contribution >= 4 is 5.97 Å². The van der Waals surface area contributed by atoms with E-state index < -0.39 is 0 Å².